The van der Waals surface area contributed by atoms with E-state index < -0.39 is 16.6 Å². The molecule has 0 saturated carbocycles. The Balaban J connectivity index is 2.81. The second-order valence-corrected chi connectivity index (χ2v) is 6.39. The van der Waals surface area contributed by atoms with Crippen molar-refractivity contribution in [2.75, 3.05) is 19.5 Å². The molecule has 0 aliphatic carbocycles. The molecule has 1 unspecified atom stereocenters. The van der Waals surface area contributed by atoms with Crippen LogP contribution in [0.5, 0.6) is 5.75 Å². The molecule has 0 aliphatic heterocycles. The highest BCUT2D eigenvalue weighted by Crippen LogP contribution is 2.29. The lowest BCUT2D eigenvalue weighted by atomic mass is 10.3. The molecule has 0 radical (unpaired) electrons. The van der Waals surface area contributed by atoms with Crippen LogP contribution in [0.25, 0.3) is 0 Å². The maximum atomic E-state index is 12.0. The predicted molar refractivity (Wildman–Crippen MR) is 80.9 cm³/mol. The Labute approximate surface area is 132 Å². The topological polar surface area (TPSA) is 61.8 Å². The van der Waals surface area contributed by atoms with E-state index in [1.54, 1.807) is 18.2 Å². The third kappa shape index (κ3) is 4.31. The molecule has 0 heterocycles. The molecule has 1 rings (SSSR count). The Morgan fingerprint density at radius 1 is 1.50 bits per heavy atom. The molecule has 1 aromatic carbocycles. The number of hydrogen-bond acceptors (Lipinski definition) is 3. The number of carbonyl (C=O) groups is 1. The van der Waals surface area contributed by atoms with E-state index in [-0.39, 0.29) is 0 Å². The molecule has 112 valence electrons. The summed E-state index contributed by atoms with van der Waals surface area (Å²) in [6.07, 6.45) is -1.37. The second kappa shape index (κ2) is 6.72. The molecule has 1 aromatic rings. The average molecular weight is 342 g/mol. The zero-order valence-corrected chi connectivity index (χ0v) is 13.4. The molecule has 0 bridgehead atoms. The van der Waals surface area contributed by atoms with Crippen molar-refractivity contribution in [3.8, 4) is 5.75 Å². The number of ether oxygens (including phenoxy) is 1. The molecule has 0 spiro atoms. The van der Waals surface area contributed by atoms with Gasteiger partial charge in [-0.3, -0.25) is 4.90 Å². The van der Waals surface area contributed by atoms with Gasteiger partial charge in [-0.15, -0.1) is 0 Å². The zero-order valence-electron chi connectivity index (χ0n) is 11.2. The van der Waals surface area contributed by atoms with E-state index >= 15 is 0 Å². The summed E-state index contributed by atoms with van der Waals surface area (Å²) in [6, 6.07) is 4.18. The molecule has 5 nitrogen and oxygen atoms in total. The lowest BCUT2D eigenvalue weighted by molar-refractivity contribution is 0.0417. The SMILES string of the molecule is COc1ccc(NC(=O)N(C)C(O)C(C)(Cl)Cl)c(Cl)c1. The highest BCUT2D eigenvalue weighted by molar-refractivity contribution is 6.48. The van der Waals surface area contributed by atoms with Crippen LogP contribution in [0.4, 0.5) is 10.5 Å². The van der Waals surface area contributed by atoms with Crippen LogP contribution in [0.2, 0.25) is 5.02 Å². The van der Waals surface area contributed by atoms with Crippen LogP contribution < -0.4 is 10.1 Å². The van der Waals surface area contributed by atoms with Crippen molar-refractivity contribution in [2.24, 2.45) is 0 Å². The number of benzene rings is 1. The number of hydrogen-bond donors (Lipinski definition) is 2. The van der Waals surface area contributed by atoms with E-state index in [9.17, 15) is 9.90 Å². The lowest BCUT2D eigenvalue weighted by Crippen LogP contribution is -2.47. The first-order chi connectivity index (χ1) is 9.16. The quantitative estimate of drug-likeness (QED) is 0.652. The summed E-state index contributed by atoms with van der Waals surface area (Å²) in [5, 5.41) is 12.6. The first kappa shape index (κ1) is 17.2. The molecule has 0 saturated heterocycles. The number of amides is 2. The molecule has 2 amide bonds. The largest absolute Gasteiger partial charge is 0.497 e. The van der Waals surface area contributed by atoms with Crippen molar-refractivity contribution in [1.82, 2.24) is 4.90 Å². The van der Waals surface area contributed by atoms with Crippen molar-refractivity contribution in [3.63, 3.8) is 0 Å². The summed E-state index contributed by atoms with van der Waals surface area (Å²) >= 11 is 17.5. The van der Waals surface area contributed by atoms with Crippen molar-refractivity contribution < 1.29 is 14.6 Å². The van der Waals surface area contributed by atoms with Gasteiger partial charge in [0.05, 0.1) is 17.8 Å². The molecule has 0 fully saturated rings. The highest BCUT2D eigenvalue weighted by Gasteiger charge is 2.33. The van der Waals surface area contributed by atoms with Gasteiger partial charge in [0, 0.05) is 13.1 Å². The number of carbonyl (C=O) groups excluding carboxylic acids is 1. The summed E-state index contributed by atoms with van der Waals surface area (Å²) < 4.78 is 3.51. The van der Waals surface area contributed by atoms with Gasteiger partial charge in [-0.2, -0.15) is 0 Å². The van der Waals surface area contributed by atoms with Gasteiger partial charge in [-0.05, 0) is 19.1 Å². The van der Waals surface area contributed by atoms with Crippen molar-refractivity contribution in [1.29, 1.82) is 0 Å². The summed E-state index contributed by atoms with van der Waals surface area (Å²) in [6.45, 7) is 1.38. The van der Waals surface area contributed by atoms with Crippen LogP contribution >= 0.6 is 34.8 Å². The minimum Gasteiger partial charge on any atom is -0.497 e. The fourth-order valence-corrected chi connectivity index (χ4v) is 1.89. The number of nitrogens with zero attached hydrogens (tertiary/aromatic N) is 1. The molecule has 20 heavy (non-hydrogen) atoms. The number of anilines is 1. The fraction of sp³-hybridized carbons (Fsp3) is 0.417. The average Bonchev–Trinajstić information content (AvgIpc) is 2.38. The molecule has 2 N–H and O–H groups in total. The van der Waals surface area contributed by atoms with Gasteiger partial charge in [0.1, 0.15) is 5.75 Å². The van der Waals surface area contributed by atoms with Gasteiger partial charge in [-0.1, -0.05) is 34.8 Å². The molecule has 1 atom stereocenters. The first-order valence-corrected chi connectivity index (χ1v) is 6.73. The standard InChI is InChI=1S/C12H15Cl3N2O3/c1-12(14,15)10(18)17(2)11(19)16-9-5-4-7(20-3)6-8(9)13/h4-6,10,18H,1-3H3,(H,16,19). The summed E-state index contributed by atoms with van der Waals surface area (Å²) in [7, 11) is 2.87. The third-order valence-corrected chi connectivity index (χ3v) is 3.26. The van der Waals surface area contributed by atoms with Crippen LogP contribution in [-0.4, -0.2) is 40.8 Å². The Kier molecular flexibility index (Phi) is 5.77. The van der Waals surface area contributed by atoms with E-state index in [0.717, 1.165) is 4.90 Å². The maximum absolute atomic E-state index is 12.0. The summed E-state index contributed by atoms with van der Waals surface area (Å²) in [5.41, 5.74) is 0.377. The summed E-state index contributed by atoms with van der Waals surface area (Å²) in [5.74, 6) is 0.565. The number of aliphatic hydroxyl groups excluding tert-OH is 1. The van der Waals surface area contributed by atoms with Crippen LogP contribution in [0, 0.1) is 0 Å². The van der Waals surface area contributed by atoms with E-state index in [4.69, 9.17) is 39.5 Å². The van der Waals surface area contributed by atoms with Crippen LogP contribution in [-0.2, 0) is 0 Å². The van der Waals surface area contributed by atoms with Gasteiger partial charge in [0.2, 0.25) is 0 Å². The molecular formula is C12H15Cl3N2O3. The first-order valence-electron chi connectivity index (χ1n) is 5.60. The summed E-state index contributed by atoms with van der Waals surface area (Å²) in [4.78, 5) is 12.9. The highest BCUT2D eigenvalue weighted by atomic mass is 35.5. The zero-order chi connectivity index (χ0) is 15.5. The number of halogens is 3. The van der Waals surface area contributed by atoms with Crippen LogP contribution in [0.15, 0.2) is 18.2 Å². The monoisotopic (exact) mass is 340 g/mol. The van der Waals surface area contributed by atoms with E-state index in [1.165, 1.54) is 21.1 Å². The molecule has 0 aromatic heterocycles. The van der Waals surface area contributed by atoms with Gasteiger partial charge >= 0.3 is 6.03 Å². The number of aliphatic hydroxyl groups is 1. The number of alkyl halides is 2. The second-order valence-electron chi connectivity index (χ2n) is 4.22. The van der Waals surface area contributed by atoms with Gasteiger partial charge in [0.15, 0.2) is 10.6 Å². The van der Waals surface area contributed by atoms with Gasteiger partial charge in [-0.25, -0.2) is 4.79 Å². The molecule has 8 heteroatoms. The number of nitrogens with one attached hydrogen (secondary N) is 1. The van der Waals surface area contributed by atoms with Gasteiger partial charge in [0.25, 0.3) is 0 Å². The van der Waals surface area contributed by atoms with E-state index in [2.05, 4.69) is 5.32 Å². The maximum Gasteiger partial charge on any atom is 0.323 e. The lowest BCUT2D eigenvalue weighted by Gasteiger charge is -2.30. The van der Waals surface area contributed by atoms with Crippen LogP contribution in [0.1, 0.15) is 6.92 Å². The Morgan fingerprint density at radius 2 is 2.10 bits per heavy atom. The van der Waals surface area contributed by atoms with E-state index in [0.29, 0.717) is 16.5 Å². The predicted octanol–water partition coefficient (Wildman–Crippen LogP) is 3.32. The number of rotatable bonds is 4. The smallest absolute Gasteiger partial charge is 0.323 e. The van der Waals surface area contributed by atoms with Crippen molar-refractivity contribution in [2.45, 2.75) is 17.5 Å². The Morgan fingerprint density at radius 3 is 2.55 bits per heavy atom. The normalized spacial score (nSPS) is 12.8. The van der Waals surface area contributed by atoms with Crippen molar-refractivity contribution >= 4 is 46.5 Å². The third-order valence-electron chi connectivity index (χ3n) is 2.56. The Bertz CT molecular complexity index is 491. The minimum atomic E-state index is -1.49. The number of methoxy groups -OCH3 is 1. The van der Waals surface area contributed by atoms with Gasteiger partial charge < -0.3 is 15.2 Å². The van der Waals surface area contributed by atoms with Crippen molar-refractivity contribution in [3.05, 3.63) is 23.2 Å². The van der Waals surface area contributed by atoms with E-state index in [1.807, 2.05) is 0 Å². The fourth-order valence-electron chi connectivity index (χ4n) is 1.38. The molecular weight excluding hydrogens is 327 g/mol. The Hall–Kier alpha value is -0.880. The van der Waals surface area contributed by atoms with Crippen LogP contribution in [0.3, 0.4) is 0 Å². The molecule has 0 aliphatic rings. The number of urea groups is 1. The minimum absolute atomic E-state index is 0.306.